The number of sulfonamides is 1. The number of halogens is 1. The number of benzene rings is 2. The summed E-state index contributed by atoms with van der Waals surface area (Å²) >= 11 is 5.92. The summed E-state index contributed by atoms with van der Waals surface area (Å²) in [7, 11) is -3.66. The molecular formula is C19H22ClN3O3S. The maximum Gasteiger partial charge on any atom is 0.248 e. The Morgan fingerprint density at radius 1 is 1.04 bits per heavy atom. The normalized spacial score (nSPS) is 16.8. The van der Waals surface area contributed by atoms with E-state index in [4.69, 9.17) is 17.3 Å². The Labute approximate surface area is 164 Å². The van der Waals surface area contributed by atoms with Gasteiger partial charge in [0.2, 0.25) is 15.9 Å². The van der Waals surface area contributed by atoms with Gasteiger partial charge in [-0.05, 0) is 48.9 Å². The Morgan fingerprint density at radius 2 is 1.78 bits per heavy atom. The first kappa shape index (κ1) is 19.8. The van der Waals surface area contributed by atoms with E-state index < -0.39 is 15.9 Å². The van der Waals surface area contributed by atoms with E-state index in [2.05, 4.69) is 4.90 Å². The summed E-state index contributed by atoms with van der Waals surface area (Å²) in [5.41, 5.74) is 6.60. The second-order valence-electron chi connectivity index (χ2n) is 6.55. The Kier molecular flexibility index (Phi) is 6.16. The first-order chi connectivity index (χ1) is 12.9. The van der Waals surface area contributed by atoms with Crippen LogP contribution in [0, 0.1) is 0 Å². The number of carbonyl (C=O) groups excluding carboxylic acids is 1. The summed E-state index contributed by atoms with van der Waals surface area (Å²) in [6.07, 6.45) is 0.738. The lowest BCUT2D eigenvalue weighted by Gasteiger charge is -2.22. The van der Waals surface area contributed by atoms with Gasteiger partial charge in [-0.25, -0.2) is 8.42 Å². The van der Waals surface area contributed by atoms with Gasteiger partial charge in [0.05, 0.1) is 4.90 Å². The van der Waals surface area contributed by atoms with E-state index in [1.54, 1.807) is 0 Å². The number of hydrogen-bond donors (Lipinski definition) is 1. The second kappa shape index (κ2) is 8.39. The molecule has 1 saturated heterocycles. The maximum absolute atomic E-state index is 13.0. The van der Waals surface area contributed by atoms with E-state index in [0.717, 1.165) is 25.1 Å². The highest BCUT2D eigenvalue weighted by molar-refractivity contribution is 7.89. The molecule has 1 aliphatic heterocycles. The van der Waals surface area contributed by atoms with Crippen molar-refractivity contribution in [2.75, 3.05) is 26.2 Å². The number of primary amides is 1. The van der Waals surface area contributed by atoms with E-state index in [1.165, 1.54) is 28.6 Å². The monoisotopic (exact) mass is 407 g/mol. The molecule has 1 aliphatic rings. The molecule has 0 radical (unpaired) electrons. The van der Waals surface area contributed by atoms with E-state index >= 15 is 0 Å². The molecule has 0 aromatic heterocycles. The van der Waals surface area contributed by atoms with Gasteiger partial charge in [-0.2, -0.15) is 4.31 Å². The number of rotatable bonds is 5. The smallest absolute Gasteiger partial charge is 0.248 e. The Morgan fingerprint density at radius 3 is 2.48 bits per heavy atom. The summed E-state index contributed by atoms with van der Waals surface area (Å²) in [6.45, 7) is 3.05. The predicted molar refractivity (Wildman–Crippen MR) is 105 cm³/mol. The van der Waals surface area contributed by atoms with Crippen molar-refractivity contribution in [3.05, 3.63) is 64.7 Å². The van der Waals surface area contributed by atoms with Crippen molar-refractivity contribution in [3.8, 4) is 0 Å². The summed E-state index contributed by atoms with van der Waals surface area (Å²) in [5, 5.41) is 0.699. The molecule has 27 heavy (non-hydrogen) atoms. The quantitative estimate of drug-likeness (QED) is 0.824. The first-order valence-corrected chi connectivity index (χ1v) is 10.5. The van der Waals surface area contributed by atoms with Crippen molar-refractivity contribution < 1.29 is 13.2 Å². The predicted octanol–water partition coefficient (Wildman–Crippen LogP) is 2.34. The van der Waals surface area contributed by atoms with Crippen molar-refractivity contribution in [3.63, 3.8) is 0 Å². The molecule has 1 heterocycles. The minimum atomic E-state index is -3.66. The van der Waals surface area contributed by atoms with Gasteiger partial charge in [-0.3, -0.25) is 9.69 Å². The fourth-order valence-electron chi connectivity index (χ4n) is 3.15. The Balaban J connectivity index is 1.70. The van der Waals surface area contributed by atoms with Crippen LogP contribution in [0.1, 0.15) is 22.3 Å². The molecule has 1 fully saturated rings. The maximum atomic E-state index is 13.0. The summed E-state index contributed by atoms with van der Waals surface area (Å²) in [5.74, 6) is -0.642. The van der Waals surface area contributed by atoms with Gasteiger partial charge < -0.3 is 5.73 Å². The zero-order valence-corrected chi connectivity index (χ0v) is 16.4. The van der Waals surface area contributed by atoms with Crippen LogP contribution in [0.25, 0.3) is 0 Å². The molecule has 8 heteroatoms. The third-order valence-corrected chi connectivity index (χ3v) is 6.77. The largest absolute Gasteiger partial charge is 0.366 e. The van der Waals surface area contributed by atoms with Crippen LogP contribution in [0.5, 0.6) is 0 Å². The van der Waals surface area contributed by atoms with Gasteiger partial charge in [0.15, 0.2) is 0 Å². The SMILES string of the molecule is NC(=O)c1cccc(S(=O)(=O)N2CCCN(Cc3ccc(Cl)cc3)CC2)c1. The molecule has 0 saturated carbocycles. The molecule has 2 N–H and O–H groups in total. The minimum absolute atomic E-state index is 0.102. The molecule has 0 bridgehead atoms. The van der Waals surface area contributed by atoms with Gasteiger partial charge in [0.25, 0.3) is 0 Å². The first-order valence-electron chi connectivity index (χ1n) is 8.73. The zero-order valence-electron chi connectivity index (χ0n) is 14.8. The lowest BCUT2D eigenvalue weighted by molar-refractivity contribution is 0.1000. The third-order valence-electron chi connectivity index (χ3n) is 4.62. The van der Waals surface area contributed by atoms with E-state index in [0.29, 0.717) is 24.7 Å². The number of nitrogens with two attached hydrogens (primary N) is 1. The molecule has 0 unspecified atom stereocenters. The van der Waals surface area contributed by atoms with Crippen molar-refractivity contribution in [2.45, 2.75) is 17.9 Å². The van der Waals surface area contributed by atoms with E-state index in [-0.39, 0.29) is 10.5 Å². The van der Waals surface area contributed by atoms with Crippen LogP contribution in [0.3, 0.4) is 0 Å². The van der Waals surface area contributed by atoms with Crippen molar-refractivity contribution >= 4 is 27.5 Å². The number of amides is 1. The number of hydrogen-bond acceptors (Lipinski definition) is 4. The van der Waals surface area contributed by atoms with Crippen LogP contribution in [0.4, 0.5) is 0 Å². The van der Waals surface area contributed by atoms with Crippen LogP contribution in [0.15, 0.2) is 53.4 Å². The Bertz CT molecular complexity index is 916. The Hall–Kier alpha value is -1.93. The molecule has 3 rings (SSSR count). The minimum Gasteiger partial charge on any atom is -0.366 e. The van der Waals surface area contributed by atoms with Crippen molar-refractivity contribution in [1.29, 1.82) is 0 Å². The van der Waals surface area contributed by atoms with Gasteiger partial charge in [-0.1, -0.05) is 29.8 Å². The van der Waals surface area contributed by atoms with Crippen LogP contribution < -0.4 is 5.73 Å². The van der Waals surface area contributed by atoms with E-state index in [1.807, 2.05) is 24.3 Å². The summed E-state index contributed by atoms with van der Waals surface area (Å²) in [6, 6.07) is 13.6. The summed E-state index contributed by atoms with van der Waals surface area (Å²) < 4.78 is 27.4. The van der Waals surface area contributed by atoms with Crippen LogP contribution in [-0.2, 0) is 16.6 Å². The van der Waals surface area contributed by atoms with Crippen molar-refractivity contribution in [2.24, 2.45) is 5.73 Å². The number of nitrogens with zero attached hydrogens (tertiary/aromatic N) is 2. The molecular weight excluding hydrogens is 386 g/mol. The van der Waals surface area contributed by atoms with E-state index in [9.17, 15) is 13.2 Å². The molecule has 0 spiro atoms. The fraction of sp³-hybridized carbons (Fsp3) is 0.316. The van der Waals surface area contributed by atoms with Gasteiger partial charge in [0.1, 0.15) is 0 Å². The molecule has 2 aromatic carbocycles. The third kappa shape index (κ3) is 4.87. The lowest BCUT2D eigenvalue weighted by atomic mass is 10.2. The highest BCUT2D eigenvalue weighted by Gasteiger charge is 2.27. The molecule has 1 amide bonds. The van der Waals surface area contributed by atoms with Gasteiger partial charge in [0, 0.05) is 36.8 Å². The highest BCUT2D eigenvalue weighted by atomic mass is 35.5. The van der Waals surface area contributed by atoms with Crippen LogP contribution in [-0.4, -0.2) is 49.7 Å². The summed E-state index contributed by atoms with van der Waals surface area (Å²) in [4.78, 5) is 13.7. The number of carbonyl (C=O) groups is 1. The molecule has 144 valence electrons. The van der Waals surface area contributed by atoms with Crippen LogP contribution in [0.2, 0.25) is 5.02 Å². The molecule has 0 aliphatic carbocycles. The van der Waals surface area contributed by atoms with Crippen molar-refractivity contribution in [1.82, 2.24) is 9.21 Å². The molecule has 6 nitrogen and oxygen atoms in total. The molecule has 2 aromatic rings. The second-order valence-corrected chi connectivity index (χ2v) is 8.93. The zero-order chi connectivity index (χ0) is 19.4. The fourth-order valence-corrected chi connectivity index (χ4v) is 4.79. The van der Waals surface area contributed by atoms with Crippen LogP contribution >= 0.6 is 11.6 Å². The lowest BCUT2D eigenvalue weighted by Crippen LogP contribution is -2.35. The molecule has 0 atom stereocenters. The topological polar surface area (TPSA) is 83.7 Å². The highest BCUT2D eigenvalue weighted by Crippen LogP contribution is 2.20. The average Bonchev–Trinajstić information content (AvgIpc) is 2.90. The van der Waals surface area contributed by atoms with Gasteiger partial charge in [-0.15, -0.1) is 0 Å². The average molecular weight is 408 g/mol. The van der Waals surface area contributed by atoms with Gasteiger partial charge >= 0.3 is 0 Å². The standard InChI is InChI=1S/C19H22ClN3O3S/c20-17-7-5-15(6-8-17)14-22-9-2-10-23(12-11-22)27(25,26)18-4-1-3-16(13-18)19(21)24/h1,3-8,13H,2,9-12,14H2,(H2,21,24).